The molecule has 3 N–H and O–H groups in total. The molecule has 0 saturated carbocycles. The molecule has 0 aromatic heterocycles. The first-order valence-electron chi connectivity index (χ1n) is 5.04. The lowest BCUT2D eigenvalue weighted by Gasteiger charge is -2.27. The fraction of sp³-hybridized carbons (Fsp3) is 0.778. The number of aliphatic hydroxyl groups is 1. The number of aliphatic hydroxyl groups excluding tert-OH is 1. The number of urea groups is 1. The van der Waals surface area contributed by atoms with Gasteiger partial charge in [0.2, 0.25) is 0 Å². The minimum atomic E-state index is -1.22. The summed E-state index contributed by atoms with van der Waals surface area (Å²) in [5.41, 5.74) is 0. The highest BCUT2D eigenvalue weighted by Crippen LogP contribution is 2.08. The Morgan fingerprint density at radius 3 is 2.33 bits per heavy atom. The van der Waals surface area contributed by atoms with Gasteiger partial charge in [0.05, 0.1) is 6.61 Å². The average Bonchev–Trinajstić information content (AvgIpc) is 2.26. The molecule has 15 heavy (non-hydrogen) atoms. The van der Waals surface area contributed by atoms with E-state index >= 15 is 0 Å². The van der Waals surface area contributed by atoms with Gasteiger partial charge in [-0.1, -0.05) is 0 Å². The molecule has 1 heterocycles. The van der Waals surface area contributed by atoms with Crippen molar-refractivity contribution in [1.82, 2.24) is 10.2 Å². The molecule has 1 atom stereocenters. The summed E-state index contributed by atoms with van der Waals surface area (Å²) in [6.45, 7) is 0.724. The van der Waals surface area contributed by atoms with Crippen LogP contribution in [0.15, 0.2) is 0 Å². The second kappa shape index (κ2) is 5.55. The van der Waals surface area contributed by atoms with Crippen molar-refractivity contribution < 1.29 is 19.8 Å². The molecule has 1 saturated heterocycles. The third-order valence-electron chi connectivity index (χ3n) is 2.42. The minimum Gasteiger partial charge on any atom is -0.480 e. The van der Waals surface area contributed by atoms with Gasteiger partial charge < -0.3 is 20.4 Å². The zero-order chi connectivity index (χ0) is 11.3. The highest BCUT2D eigenvalue weighted by Gasteiger charge is 2.23. The van der Waals surface area contributed by atoms with E-state index in [1.54, 1.807) is 4.90 Å². The van der Waals surface area contributed by atoms with Crippen LogP contribution in [-0.4, -0.2) is 52.9 Å². The van der Waals surface area contributed by atoms with Gasteiger partial charge >= 0.3 is 12.0 Å². The SMILES string of the molecule is O=C(O)[C@@H](CO)NC(=O)N1CCCCC1. The number of piperidine rings is 1. The van der Waals surface area contributed by atoms with Crippen molar-refractivity contribution in [1.29, 1.82) is 0 Å². The molecule has 0 aliphatic carbocycles. The quantitative estimate of drug-likeness (QED) is 0.600. The maximum atomic E-state index is 11.5. The third kappa shape index (κ3) is 3.39. The number of nitrogens with zero attached hydrogens (tertiary/aromatic N) is 1. The number of nitrogens with one attached hydrogen (secondary N) is 1. The van der Waals surface area contributed by atoms with Crippen LogP contribution in [0.1, 0.15) is 19.3 Å². The van der Waals surface area contributed by atoms with Crippen molar-refractivity contribution in [2.24, 2.45) is 0 Å². The number of carbonyl (C=O) groups excluding carboxylic acids is 1. The molecule has 1 rings (SSSR count). The molecule has 2 amide bonds. The van der Waals surface area contributed by atoms with Crippen LogP contribution < -0.4 is 5.32 Å². The Morgan fingerprint density at radius 1 is 1.27 bits per heavy atom. The molecule has 0 aromatic carbocycles. The molecule has 0 aromatic rings. The van der Waals surface area contributed by atoms with Crippen LogP contribution >= 0.6 is 0 Å². The van der Waals surface area contributed by atoms with Gasteiger partial charge in [0, 0.05) is 13.1 Å². The van der Waals surface area contributed by atoms with Gasteiger partial charge in [-0.15, -0.1) is 0 Å². The van der Waals surface area contributed by atoms with Crippen LogP contribution in [0.3, 0.4) is 0 Å². The van der Waals surface area contributed by atoms with Crippen LogP contribution in [0.25, 0.3) is 0 Å². The van der Waals surface area contributed by atoms with E-state index in [9.17, 15) is 9.59 Å². The van der Waals surface area contributed by atoms with Gasteiger partial charge in [-0.3, -0.25) is 0 Å². The van der Waals surface area contributed by atoms with Crippen LogP contribution in [0.5, 0.6) is 0 Å². The van der Waals surface area contributed by atoms with Crippen LogP contribution in [0.2, 0.25) is 0 Å². The van der Waals surface area contributed by atoms with Crippen molar-refractivity contribution in [2.75, 3.05) is 19.7 Å². The maximum Gasteiger partial charge on any atom is 0.328 e. The lowest BCUT2D eigenvalue weighted by Crippen LogP contribution is -2.50. The largest absolute Gasteiger partial charge is 0.480 e. The number of hydrogen-bond acceptors (Lipinski definition) is 3. The van der Waals surface area contributed by atoms with Crippen LogP contribution in [0.4, 0.5) is 4.79 Å². The van der Waals surface area contributed by atoms with Gasteiger partial charge in [-0.2, -0.15) is 0 Å². The van der Waals surface area contributed by atoms with Crippen molar-refractivity contribution in [3.63, 3.8) is 0 Å². The first-order chi connectivity index (χ1) is 7.15. The number of aliphatic carboxylic acids is 1. The second-order valence-corrected chi connectivity index (χ2v) is 3.57. The normalized spacial score (nSPS) is 18.3. The number of hydrogen-bond donors (Lipinski definition) is 3. The summed E-state index contributed by atoms with van der Waals surface area (Å²) in [7, 11) is 0. The van der Waals surface area contributed by atoms with Crippen molar-refractivity contribution in [2.45, 2.75) is 25.3 Å². The molecule has 86 valence electrons. The summed E-state index contributed by atoms with van der Waals surface area (Å²) in [6, 6.07) is -1.62. The van der Waals surface area contributed by atoms with E-state index in [2.05, 4.69) is 5.32 Å². The van der Waals surface area contributed by atoms with Crippen LogP contribution in [0, 0.1) is 0 Å². The summed E-state index contributed by atoms with van der Waals surface area (Å²) in [4.78, 5) is 23.6. The number of carboxylic acids is 1. The number of carboxylic acid groups (broad SMARTS) is 1. The summed E-state index contributed by atoms with van der Waals surface area (Å²) >= 11 is 0. The predicted octanol–water partition coefficient (Wildman–Crippen LogP) is -0.373. The van der Waals surface area contributed by atoms with Crippen LogP contribution in [-0.2, 0) is 4.79 Å². The van der Waals surface area contributed by atoms with E-state index < -0.39 is 24.6 Å². The van der Waals surface area contributed by atoms with E-state index in [-0.39, 0.29) is 0 Å². The Morgan fingerprint density at radius 2 is 1.87 bits per heavy atom. The summed E-state index contributed by atoms with van der Waals surface area (Å²) in [6.07, 6.45) is 3.00. The standard InChI is InChI=1S/C9H16N2O4/c12-6-7(8(13)14)10-9(15)11-4-2-1-3-5-11/h7,12H,1-6H2,(H,10,15)(H,13,14)/t7-/m1/s1. The molecular weight excluding hydrogens is 200 g/mol. The first-order valence-corrected chi connectivity index (χ1v) is 5.04. The first kappa shape index (κ1) is 11.8. The van der Waals surface area contributed by atoms with Crippen molar-refractivity contribution in [3.05, 3.63) is 0 Å². The highest BCUT2D eigenvalue weighted by atomic mass is 16.4. The molecular formula is C9H16N2O4. The second-order valence-electron chi connectivity index (χ2n) is 3.57. The molecule has 0 spiro atoms. The highest BCUT2D eigenvalue weighted by molar-refractivity contribution is 5.82. The predicted molar refractivity (Wildman–Crippen MR) is 52.5 cm³/mol. The third-order valence-corrected chi connectivity index (χ3v) is 2.42. The van der Waals surface area contributed by atoms with Gasteiger partial charge in [-0.05, 0) is 19.3 Å². The maximum absolute atomic E-state index is 11.5. The lowest BCUT2D eigenvalue weighted by atomic mass is 10.1. The Labute approximate surface area is 87.9 Å². The fourth-order valence-corrected chi connectivity index (χ4v) is 1.52. The van der Waals surface area contributed by atoms with E-state index in [0.717, 1.165) is 19.3 Å². The number of amides is 2. The molecule has 6 nitrogen and oxygen atoms in total. The van der Waals surface area contributed by atoms with E-state index in [4.69, 9.17) is 10.2 Å². The van der Waals surface area contributed by atoms with Gasteiger partial charge in [0.25, 0.3) is 0 Å². The van der Waals surface area contributed by atoms with Gasteiger partial charge in [0.1, 0.15) is 0 Å². The zero-order valence-corrected chi connectivity index (χ0v) is 8.48. The summed E-state index contributed by atoms with van der Waals surface area (Å²) in [5.74, 6) is -1.22. The zero-order valence-electron chi connectivity index (χ0n) is 8.48. The lowest BCUT2D eigenvalue weighted by molar-refractivity contribution is -0.140. The Hall–Kier alpha value is -1.30. The fourth-order valence-electron chi connectivity index (χ4n) is 1.52. The molecule has 1 aliphatic rings. The Kier molecular flexibility index (Phi) is 4.36. The Balaban J connectivity index is 2.42. The molecule has 1 fully saturated rings. The molecule has 0 bridgehead atoms. The van der Waals surface area contributed by atoms with E-state index in [0.29, 0.717) is 13.1 Å². The van der Waals surface area contributed by atoms with Crippen molar-refractivity contribution >= 4 is 12.0 Å². The van der Waals surface area contributed by atoms with E-state index in [1.165, 1.54) is 0 Å². The monoisotopic (exact) mass is 216 g/mol. The van der Waals surface area contributed by atoms with Gasteiger partial charge in [0.15, 0.2) is 6.04 Å². The number of carbonyl (C=O) groups is 2. The molecule has 6 heteroatoms. The number of likely N-dealkylation sites (tertiary alicyclic amines) is 1. The average molecular weight is 216 g/mol. The molecule has 0 unspecified atom stereocenters. The minimum absolute atomic E-state index is 0.406. The van der Waals surface area contributed by atoms with Crippen molar-refractivity contribution in [3.8, 4) is 0 Å². The van der Waals surface area contributed by atoms with E-state index in [1.807, 2.05) is 0 Å². The molecule has 0 radical (unpaired) electrons. The number of rotatable bonds is 3. The topological polar surface area (TPSA) is 89.9 Å². The summed E-state index contributed by atoms with van der Waals surface area (Å²) in [5, 5.41) is 19.6. The summed E-state index contributed by atoms with van der Waals surface area (Å²) < 4.78 is 0. The smallest absolute Gasteiger partial charge is 0.328 e. The van der Waals surface area contributed by atoms with Gasteiger partial charge in [-0.25, -0.2) is 9.59 Å². The Bertz CT molecular complexity index is 238. The molecule has 1 aliphatic heterocycles.